The second-order valence-electron chi connectivity index (χ2n) is 6.09. The quantitative estimate of drug-likeness (QED) is 0.800. The number of nitrogens with zero attached hydrogens (tertiary/aromatic N) is 2. The van der Waals surface area contributed by atoms with Crippen molar-refractivity contribution in [2.75, 3.05) is 0 Å². The molecule has 124 valence electrons. The largest absolute Gasteiger partial charge is 0.486 e. The van der Waals surface area contributed by atoms with Crippen molar-refractivity contribution >= 4 is 17.2 Å². The number of hydrogen-bond donors (Lipinski definition) is 0. The number of ether oxygens (including phenoxy) is 1. The van der Waals surface area contributed by atoms with Gasteiger partial charge in [0.05, 0.1) is 12.2 Å². The molecule has 1 aromatic heterocycles. The van der Waals surface area contributed by atoms with Gasteiger partial charge in [0.25, 0.3) is 0 Å². The first-order valence-electron chi connectivity index (χ1n) is 7.76. The summed E-state index contributed by atoms with van der Waals surface area (Å²) in [7, 11) is 0. The Morgan fingerprint density at radius 1 is 1.26 bits per heavy atom. The molecule has 0 unspecified atom stereocenters. The van der Waals surface area contributed by atoms with Crippen molar-refractivity contribution in [2.45, 2.75) is 53.8 Å². The maximum Gasteiger partial charge on any atom is 0.220 e. The highest BCUT2D eigenvalue weighted by Gasteiger charge is 2.15. The molecule has 0 aliphatic rings. The van der Waals surface area contributed by atoms with Crippen molar-refractivity contribution in [3.8, 4) is 5.75 Å². The molecular weight excluding hydrogens is 308 g/mol. The maximum absolute atomic E-state index is 11.6. The molecule has 1 amide bonds. The molecule has 0 bridgehead atoms. The van der Waals surface area contributed by atoms with Gasteiger partial charge < -0.3 is 9.64 Å². The van der Waals surface area contributed by atoms with E-state index in [0.717, 1.165) is 16.5 Å². The lowest BCUT2D eigenvalue weighted by Gasteiger charge is -2.24. The second-order valence-corrected chi connectivity index (χ2v) is 7.03. The molecule has 23 heavy (non-hydrogen) atoms. The molecule has 0 saturated heterocycles. The first kappa shape index (κ1) is 17.5. The molecule has 0 aliphatic carbocycles. The molecule has 0 radical (unpaired) electrons. The summed E-state index contributed by atoms with van der Waals surface area (Å²) in [4.78, 5) is 18.0. The number of amides is 1. The molecule has 1 heterocycles. The number of rotatable bonds is 6. The molecule has 5 heteroatoms. The van der Waals surface area contributed by atoms with Gasteiger partial charge in [-0.3, -0.25) is 4.79 Å². The number of benzene rings is 1. The molecule has 0 spiro atoms. The van der Waals surface area contributed by atoms with E-state index < -0.39 is 0 Å². The van der Waals surface area contributed by atoms with E-state index in [1.165, 1.54) is 11.1 Å². The van der Waals surface area contributed by atoms with Crippen LogP contribution in [-0.4, -0.2) is 21.8 Å². The highest BCUT2D eigenvalue weighted by atomic mass is 32.1. The minimum atomic E-state index is 0.0704. The van der Waals surface area contributed by atoms with Crippen LogP contribution >= 0.6 is 11.3 Å². The number of carbonyl (C=O) groups is 1. The Balaban J connectivity index is 1.98. The predicted molar refractivity (Wildman–Crippen MR) is 93.7 cm³/mol. The van der Waals surface area contributed by atoms with Crippen LogP contribution in [-0.2, 0) is 17.9 Å². The van der Waals surface area contributed by atoms with E-state index in [2.05, 4.69) is 24.9 Å². The average Bonchev–Trinajstić information content (AvgIpc) is 2.88. The van der Waals surface area contributed by atoms with Gasteiger partial charge in [-0.15, -0.1) is 11.3 Å². The summed E-state index contributed by atoms with van der Waals surface area (Å²) < 4.78 is 5.83. The van der Waals surface area contributed by atoms with Crippen LogP contribution in [0.25, 0.3) is 0 Å². The molecule has 0 N–H and O–H groups in total. The summed E-state index contributed by atoms with van der Waals surface area (Å²) in [5, 5.41) is 2.92. The minimum absolute atomic E-state index is 0.0704. The summed E-state index contributed by atoms with van der Waals surface area (Å²) in [6.07, 6.45) is 0. The summed E-state index contributed by atoms with van der Waals surface area (Å²) in [6, 6.07) is 6.34. The highest BCUT2D eigenvalue weighted by molar-refractivity contribution is 7.09. The Kier molecular flexibility index (Phi) is 5.77. The number of aromatic nitrogens is 1. The Morgan fingerprint density at radius 3 is 2.48 bits per heavy atom. The fourth-order valence-corrected chi connectivity index (χ4v) is 3.18. The summed E-state index contributed by atoms with van der Waals surface area (Å²) in [5.41, 5.74) is 3.29. The van der Waals surface area contributed by atoms with E-state index in [1.807, 2.05) is 36.3 Å². The van der Waals surface area contributed by atoms with Crippen LogP contribution in [0.15, 0.2) is 23.6 Å². The van der Waals surface area contributed by atoms with E-state index in [-0.39, 0.29) is 11.9 Å². The maximum atomic E-state index is 11.6. The first-order chi connectivity index (χ1) is 10.8. The van der Waals surface area contributed by atoms with Crippen LogP contribution in [0.4, 0.5) is 0 Å². The van der Waals surface area contributed by atoms with Gasteiger partial charge in [-0.05, 0) is 51.0 Å². The van der Waals surface area contributed by atoms with Crippen molar-refractivity contribution in [3.63, 3.8) is 0 Å². The third kappa shape index (κ3) is 5.06. The Bertz CT molecular complexity index is 659. The zero-order chi connectivity index (χ0) is 17.0. The predicted octanol–water partition coefficient (Wildman–Crippen LogP) is 4.10. The van der Waals surface area contributed by atoms with Crippen LogP contribution < -0.4 is 4.74 Å². The lowest BCUT2D eigenvalue weighted by Crippen LogP contribution is -2.34. The van der Waals surface area contributed by atoms with Crippen LogP contribution in [0.2, 0.25) is 0 Å². The molecule has 2 rings (SSSR count). The fourth-order valence-electron chi connectivity index (χ4n) is 2.48. The van der Waals surface area contributed by atoms with Crippen LogP contribution in [0.1, 0.15) is 42.6 Å². The van der Waals surface area contributed by atoms with Crippen LogP contribution in [0.5, 0.6) is 5.75 Å². The zero-order valence-electron chi connectivity index (χ0n) is 14.4. The SMILES string of the molecule is CC(=O)N(Cc1csc(COc2cc(C)cc(C)c2)n1)C(C)C. The van der Waals surface area contributed by atoms with Gasteiger partial charge in [0.1, 0.15) is 17.4 Å². The second kappa shape index (κ2) is 7.59. The topological polar surface area (TPSA) is 42.4 Å². The molecule has 2 aromatic rings. The van der Waals surface area contributed by atoms with E-state index >= 15 is 0 Å². The van der Waals surface area contributed by atoms with Crippen molar-refractivity contribution in [3.05, 3.63) is 45.4 Å². The first-order valence-corrected chi connectivity index (χ1v) is 8.64. The summed E-state index contributed by atoms with van der Waals surface area (Å²) in [6.45, 7) is 10.7. The third-order valence-electron chi connectivity index (χ3n) is 3.52. The van der Waals surface area contributed by atoms with Crippen molar-refractivity contribution in [2.24, 2.45) is 0 Å². The van der Waals surface area contributed by atoms with Crippen molar-refractivity contribution in [1.82, 2.24) is 9.88 Å². The summed E-state index contributed by atoms with van der Waals surface area (Å²) in [5.74, 6) is 0.938. The Labute approximate surface area is 142 Å². The molecule has 0 saturated carbocycles. The monoisotopic (exact) mass is 332 g/mol. The molecule has 0 fully saturated rings. The van der Waals surface area contributed by atoms with Gasteiger partial charge in [0.2, 0.25) is 5.91 Å². The van der Waals surface area contributed by atoms with Crippen molar-refractivity contribution < 1.29 is 9.53 Å². The summed E-state index contributed by atoms with van der Waals surface area (Å²) >= 11 is 1.57. The van der Waals surface area contributed by atoms with Gasteiger partial charge in [-0.1, -0.05) is 6.07 Å². The Hall–Kier alpha value is -1.88. The van der Waals surface area contributed by atoms with Crippen LogP contribution in [0, 0.1) is 13.8 Å². The zero-order valence-corrected chi connectivity index (χ0v) is 15.2. The molecule has 4 nitrogen and oxygen atoms in total. The number of hydrogen-bond acceptors (Lipinski definition) is 4. The highest BCUT2D eigenvalue weighted by Crippen LogP contribution is 2.19. The van der Waals surface area contributed by atoms with E-state index in [9.17, 15) is 4.79 Å². The normalized spacial score (nSPS) is 10.9. The van der Waals surface area contributed by atoms with Crippen LogP contribution in [0.3, 0.4) is 0 Å². The average molecular weight is 332 g/mol. The van der Waals surface area contributed by atoms with Gasteiger partial charge in [-0.25, -0.2) is 4.98 Å². The number of thiazole rings is 1. The molecule has 1 aromatic carbocycles. The molecule has 0 aliphatic heterocycles. The standard InChI is InChI=1S/C18H24N2O2S/c1-12(2)20(15(5)21)9-16-11-23-18(19-16)10-22-17-7-13(3)6-14(4)8-17/h6-8,11-12H,9-10H2,1-5H3. The lowest BCUT2D eigenvalue weighted by atomic mass is 10.1. The van der Waals surface area contributed by atoms with E-state index in [0.29, 0.717) is 13.2 Å². The third-order valence-corrected chi connectivity index (χ3v) is 4.39. The number of aryl methyl sites for hydroxylation is 2. The van der Waals surface area contributed by atoms with Gasteiger partial charge >= 0.3 is 0 Å². The minimum Gasteiger partial charge on any atom is -0.486 e. The number of carbonyl (C=O) groups excluding carboxylic acids is 1. The fraction of sp³-hybridized carbons (Fsp3) is 0.444. The smallest absolute Gasteiger partial charge is 0.220 e. The lowest BCUT2D eigenvalue weighted by molar-refractivity contribution is -0.131. The van der Waals surface area contributed by atoms with Gasteiger partial charge in [-0.2, -0.15) is 0 Å². The van der Waals surface area contributed by atoms with E-state index in [1.54, 1.807) is 18.3 Å². The van der Waals surface area contributed by atoms with Gasteiger partial charge in [0, 0.05) is 18.3 Å². The molecular formula is C18H24N2O2S. The molecule has 0 atom stereocenters. The Morgan fingerprint density at radius 2 is 1.91 bits per heavy atom. The van der Waals surface area contributed by atoms with Crippen molar-refractivity contribution in [1.29, 1.82) is 0 Å². The van der Waals surface area contributed by atoms with E-state index in [4.69, 9.17) is 4.74 Å². The van der Waals surface area contributed by atoms with Gasteiger partial charge in [0.15, 0.2) is 0 Å².